The van der Waals surface area contributed by atoms with Gasteiger partial charge < -0.3 is 9.47 Å². The number of sulfonamides is 1. The van der Waals surface area contributed by atoms with Crippen molar-refractivity contribution >= 4 is 15.9 Å². The predicted molar refractivity (Wildman–Crippen MR) is 106 cm³/mol. The Morgan fingerprint density at radius 1 is 1.14 bits per heavy atom. The van der Waals surface area contributed by atoms with Crippen molar-refractivity contribution in [3.63, 3.8) is 0 Å². The molecule has 0 aliphatic carbocycles. The van der Waals surface area contributed by atoms with Crippen molar-refractivity contribution in [1.29, 1.82) is 0 Å². The maximum absolute atomic E-state index is 13.1. The van der Waals surface area contributed by atoms with E-state index in [9.17, 15) is 22.4 Å². The van der Waals surface area contributed by atoms with Crippen LogP contribution in [0.1, 0.15) is 31.4 Å². The van der Waals surface area contributed by atoms with Crippen LogP contribution in [0.25, 0.3) is 0 Å². The fourth-order valence-corrected chi connectivity index (χ4v) is 4.84. The van der Waals surface area contributed by atoms with Gasteiger partial charge in [0.25, 0.3) is 5.56 Å². The van der Waals surface area contributed by atoms with Crippen molar-refractivity contribution in [3.05, 3.63) is 64.3 Å². The van der Waals surface area contributed by atoms with Gasteiger partial charge >= 0.3 is 0 Å². The Morgan fingerprint density at radius 2 is 1.76 bits per heavy atom. The highest BCUT2D eigenvalue weighted by Gasteiger charge is 2.28. The third-order valence-corrected chi connectivity index (χ3v) is 7.17. The average Bonchev–Trinajstić information content (AvgIpc) is 3.24. The maximum atomic E-state index is 13.1. The maximum Gasteiger partial charge on any atom is 0.251 e. The zero-order chi connectivity index (χ0) is 21.2. The molecule has 0 radical (unpaired) electrons. The van der Waals surface area contributed by atoms with Crippen LogP contribution in [0.2, 0.25) is 0 Å². The van der Waals surface area contributed by atoms with E-state index < -0.39 is 15.6 Å². The molecule has 1 unspecified atom stereocenters. The molecule has 1 fully saturated rings. The molecule has 156 valence electrons. The van der Waals surface area contributed by atoms with Crippen molar-refractivity contribution in [1.82, 2.24) is 13.8 Å². The number of halogens is 1. The fourth-order valence-electron chi connectivity index (χ4n) is 3.30. The lowest BCUT2D eigenvalue weighted by molar-refractivity contribution is -0.132. The van der Waals surface area contributed by atoms with Gasteiger partial charge in [0.05, 0.1) is 10.9 Å². The Hall–Kier alpha value is -2.52. The van der Waals surface area contributed by atoms with Crippen LogP contribution in [0.5, 0.6) is 0 Å². The highest BCUT2D eigenvalue weighted by atomic mass is 32.2. The third kappa shape index (κ3) is 4.56. The first-order valence-electron chi connectivity index (χ1n) is 9.42. The van der Waals surface area contributed by atoms with E-state index in [1.807, 2.05) is 0 Å². The van der Waals surface area contributed by atoms with E-state index in [0.29, 0.717) is 13.1 Å². The Kier molecular flexibility index (Phi) is 6.18. The van der Waals surface area contributed by atoms with Crippen molar-refractivity contribution in [2.24, 2.45) is 0 Å². The predicted octanol–water partition coefficient (Wildman–Crippen LogP) is 1.99. The molecule has 3 rings (SSSR count). The number of nitrogens with zero attached hydrogens (tertiary/aromatic N) is 3. The van der Waals surface area contributed by atoms with Crippen LogP contribution >= 0.6 is 0 Å². The van der Waals surface area contributed by atoms with E-state index in [2.05, 4.69) is 0 Å². The summed E-state index contributed by atoms with van der Waals surface area (Å²) in [5, 5.41) is 0. The number of aromatic nitrogens is 1. The molecular formula is C20H24FN3O4S. The minimum Gasteiger partial charge on any atom is -0.337 e. The van der Waals surface area contributed by atoms with Crippen LogP contribution in [-0.2, 0) is 21.4 Å². The lowest BCUT2D eigenvalue weighted by Gasteiger charge is -2.26. The van der Waals surface area contributed by atoms with Crippen LogP contribution in [0, 0.1) is 5.82 Å². The van der Waals surface area contributed by atoms with E-state index in [4.69, 9.17) is 0 Å². The molecule has 2 aromatic rings. The molecule has 7 nitrogen and oxygen atoms in total. The Bertz CT molecular complexity index is 1040. The summed E-state index contributed by atoms with van der Waals surface area (Å²) in [6, 6.07) is 7.94. The van der Waals surface area contributed by atoms with E-state index in [1.54, 1.807) is 26.1 Å². The van der Waals surface area contributed by atoms with Crippen molar-refractivity contribution in [2.75, 3.05) is 20.1 Å². The average molecular weight is 421 g/mol. The zero-order valence-corrected chi connectivity index (χ0v) is 17.2. The van der Waals surface area contributed by atoms with Gasteiger partial charge in [-0.2, -0.15) is 4.31 Å². The van der Waals surface area contributed by atoms with Crippen LogP contribution in [0.3, 0.4) is 0 Å². The Labute approximate surface area is 169 Å². The molecule has 29 heavy (non-hydrogen) atoms. The number of carbonyl (C=O) groups excluding carboxylic acids is 1. The van der Waals surface area contributed by atoms with Crippen molar-refractivity contribution in [3.8, 4) is 0 Å². The molecule has 1 saturated heterocycles. The fraction of sp³-hybridized carbons (Fsp3) is 0.400. The Balaban J connectivity index is 1.79. The van der Waals surface area contributed by atoms with Crippen LogP contribution in [-0.4, -0.2) is 48.2 Å². The zero-order valence-electron chi connectivity index (χ0n) is 16.4. The summed E-state index contributed by atoms with van der Waals surface area (Å²) >= 11 is 0. The standard InChI is InChI=1S/C20H24FN3O4S/c1-15(16-5-7-17(21)8-6-16)22(2)20(26)14-23-13-18(9-10-19(23)25)29(27,28)24-11-3-4-12-24/h5-10,13,15H,3-4,11-12,14H2,1-2H3. The summed E-state index contributed by atoms with van der Waals surface area (Å²) in [5.41, 5.74) is 0.293. The van der Waals surface area contributed by atoms with E-state index >= 15 is 0 Å². The number of likely N-dealkylation sites (N-methyl/N-ethyl adjacent to an activating group) is 1. The van der Waals surface area contributed by atoms with Crippen molar-refractivity contribution in [2.45, 2.75) is 37.2 Å². The van der Waals surface area contributed by atoms with Gasteiger partial charge in [-0.05, 0) is 43.5 Å². The smallest absolute Gasteiger partial charge is 0.251 e. The summed E-state index contributed by atoms with van der Waals surface area (Å²) in [6.07, 6.45) is 2.84. The highest BCUT2D eigenvalue weighted by molar-refractivity contribution is 7.89. The molecule has 1 aromatic carbocycles. The van der Waals surface area contributed by atoms with Gasteiger partial charge in [-0.1, -0.05) is 12.1 Å². The first-order chi connectivity index (χ1) is 13.7. The molecule has 0 N–H and O–H groups in total. The summed E-state index contributed by atoms with van der Waals surface area (Å²) in [6.45, 7) is 2.42. The molecule has 0 bridgehead atoms. The molecule has 0 saturated carbocycles. The topological polar surface area (TPSA) is 79.7 Å². The number of carbonyl (C=O) groups is 1. The van der Waals surface area contributed by atoms with Gasteiger partial charge in [0, 0.05) is 32.4 Å². The molecule has 1 aromatic heterocycles. The highest BCUT2D eigenvalue weighted by Crippen LogP contribution is 2.21. The molecule has 9 heteroatoms. The summed E-state index contributed by atoms with van der Waals surface area (Å²) in [5.74, 6) is -0.725. The number of hydrogen-bond donors (Lipinski definition) is 0. The number of benzene rings is 1. The molecule has 0 spiro atoms. The molecular weight excluding hydrogens is 397 g/mol. The molecule has 2 heterocycles. The number of rotatable bonds is 6. The van der Waals surface area contributed by atoms with Gasteiger partial charge in [0.1, 0.15) is 12.4 Å². The first-order valence-corrected chi connectivity index (χ1v) is 10.9. The summed E-state index contributed by atoms with van der Waals surface area (Å²) < 4.78 is 41.1. The lowest BCUT2D eigenvalue weighted by atomic mass is 10.1. The van der Waals surface area contributed by atoms with E-state index in [-0.39, 0.29) is 29.2 Å². The largest absolute Gasteiger partial charge is 0.337 e. The van der Waals surface area contributed by atoms with Gasteiger partial charge in [-0.25, -0.2) is 12.8 Å². The SMILES string of the molecule is CC(c1ccc(F)cc1)N(C)C(=O)Cn1cc(S(=O)(=O)N2CCCC2)ccc1=O. The molecule has 1 aliphatic rings. The molecule has 1 atom stereocenters. The second-order valence-corrected chi connectivity index (χ2v) is 9.11. The van der Waals surface area contributed by atoms with Crippen LogP contribution < -0.4 is 5.56 Å². The number of hydrogen-bond acceptors (Lipinski definition) is 4. The minimum absolute atomic E-state index is 0.000959. The second kappa shape index (κ2) is 8.46. The summed E-state index contributed by atoms with van der Waals surface area (Å²) in [7, 11) is -2.09. The lowest BCUT2D eigenvalue weighted by Crippen LogP contribution is -2.36. The quantitative estimate of drug-likeness (QED) is 0.715. The Morgan fingerprint density at radius 3 is 2.38 bits per heavy atom. The van der Waals surface area contributed by atoms with Crippen LogP contribution in [0.4, 0.5) is 4.39 Å². The summed E-state index contributed by atoms with van der Waals surface area (Å²) in [4.78, 5) is 26.3. The third-order valence-electron chi connectivity index (χ3n) is 5.29. The van der Waals surface area contributed by atoms with Gasteiger partial charge in [0.2, 0.25) is 15.9 Å². The van der Waals surface area contributed by atoms with Gasteiger partial charge in [-0.3, -0.25) is 9.59 Å². The second-order valence-electron chi connectivity index (χ2n) is 7.17. The van der Waals surface area contributed by atoms with Crippen molar-refractivity contribution < 1.29 is 17.6 Å². The molecule has 1 aliphatic heterocycles. The van der Waals surface area contributed by atoms with E-state index in [1.165, 1.54) is 39.7 Å². The van der Waals surface area contributed by atoms with Gasteiger partial charge in [-0.15, -0.1) is 0 Å². The van der Waals surface area contributed by atoms with Gasteiger partial charge in [0.15, 0.2) is 0 Å². The number of amides is 1. The van der Waals surface area contributed by atoms with Crippen LogP contribution in [0.15, 0.2) is 52.3 Å². The number of pyridine rings is 1. The molecule has 1 amide bonds. The minimum atomic E-state index is -3.68. The first kappa shape index (κ1) is 21.2. The normalized spacial score (nSPS) is 16.0. The monoisotopic (exact) mass is 421 g/mol. The van der Waals surface area contributed by atoms with E-state index in [0.717, 1.165) is 23.0 Å².